The van der Waals surface area contributed by atoms with Crippen LogP contribution in [0.2, 0.25) is 0 Å². The highest BCUT2D eigenvalue weighted by molar-refractivity contribution is 5.96. The van der Waals surface area contributed by atoms with E-state index in [1.807, 2.05) is 0 Å². The molecule has 0 aliphatic rings. The van der Waals surface area contributed by atoms with Crippen molar-refractivity contribution in [1.82, 2.24) is 4.98 Å². The maximum atomic E-state index is 13.1. The van der Waals surface area contributed by atoms with E-state index in [-0.39, 0.29) is 24.4 Å². The van der Waals surface area contributed by atoms with Gasteiger partial charge in [0.2, 0.25) is 0 Å². The molecule has 2 rings (SSSR count). The van der Waals surface area contributed by atoms with Crippen LogP contribution in [-0.2, 0) is 20.7 Å². The number of nitro groups is 1. The van der Waals surface area contributed by atoms with Crippen molar-refractivity contribution in [1.29, 1.82) is 0 Å². The van der Waals surface area contributed by atoms with Crippen LogP contribution >= 0.6 is 0 Å². The molecule has 9 heteroatoms. The molecule has 1 aromatic carbocycles. The number of non-ortho nitro benzene ring substituents is 1. The van der Waals surface area contributed by atoms with E-state index in [1.165, 1.54) is 24.3 Å². The van der Waals surface area contributed by atoms with E-state index in [4.69, 9.17) is 9.47 Å². The fourth-order valence-electron chi connectivity index (χ4n) is 2.69. The van der Waals surface area contributed by atoms with Gasteiger partial charge in [0.15, 0.2) is 0 Å². The minimum absolute atomic E-state index is 0.0793. The molecule has 1 heterocycles. The lowest BCUT2D eigenvalue weighted by molar-refractivity contribution is -0.384. The fourth-order valence-corrected chi connectivity index (χ4v) is 2.69. The summed E-state index contributed by atoms with van der Waals surface area (Å²) in [5, 5.41) is 11.0. The Labute approximate surface area is 174 Å². The molecule has 0 saturated heterocycles. The first-order valence-corrected chi connectivity index (χ1v) is 9.45. The van der Waals surface area contributed by atoms with E-state index < -0.39 is 28.6 Å². The molecule has 0 aliphatic heterocycles. The van der Waals surface area contributed by atoms with Gasteiger partial charge in [0.25, 0.3) is 5.69 Å². The number of nitrogens with zero attached hydrogens (tertiary/aromatic N) is 3. The van der Waals surface area contributed by atoms with Gasteiger partial charge in [0.1, 0.15) is 11.6 Å². The Morgan fingerprint density at radius 2 is 1.83 bits per heavy atom. The number of hydrogen-bond donors (Lipinski definition) is 0. The van der Waals surface area contributed by atoms with Gasteiger partial charge in [-0.3, -0.25) is 20.0 Å². The summed E-state index contributed by atoms with van der Waals surface area (Å²) in [6.07, 6.45) is 0.891. The van der Waals surface area contributed by atoms with Gasteiger partial charge in [-0.05, 0) is 52.0 Å². The highest BCUT2D eigenvalue weighted by atomic mass is 16.6. The Kier molecular flexibility index (Phi) is 7.46. The Balaban J connectivity index is 2.51. The zero-order valence-corrected chi connectivity index (χ0v) is 17.4. The smallest absolute Gasteiger partial charge is 0.415 e. The summed E-state index contributed by atoms with van der Waals surface area (Å²) in [5.41, 5.74) is -0.115. The number of carbonyl (C=O) groups is 2. The van der Waals surface area contributed by atoms with Gasteiger partial charge in [0.05, 0.1) is 11.5 Å². The van der Waals surface area contributed by atoms with Crippen molar-refractivity contribution in [3.8, 4) is 0 Å². The zero-order valence-electron chi connectivity index (χ0n) is 17.4. The summed E-state index contributed by atoms with van der Waals surface area (Å²) >= 11 is 0. The second kappa shape index (κ2) is 9.82. The number of pyridine rings is 1. The molecule has 0 fully saturated rings. The number of nitro benzene ring substituents is 1. The number of carbonyl (C=O) groups excluding carboxylic acids is 2. The van der Waals surface area contributed by atoms with Gasteiger partial charge in [-0.2, -0.15) is 0 Å². The third-order valence-electron chi connectivity index (χ3n) is 3.93. The monoisotopic (exact) mass is 415 g/mol. The molecule has 0 saturated carbocycles. The molecule has 1 atom stereocenters. The third kappa shape index (κ3) is 6.26. The van der Waals surface area contributed by atoms with Gasteiger partial charge in [0, 0.05) is 36.1 Å². The molecule has 30 heavy (non-hydrogen) atoms. The summed E-state index contributed by atoms with van der Waals surface area (Å²) in [6, 6.07) is 9.48. The van der Waals surface area contributed by atoms with Crippen LogP contribution < -0.4 is 4.90 Å². The molecule has 9 nitrogen and oxygen atoms in total. The second-order valence-corrected chi connectivity index (χ2v) is 7.42. The third-order valence-corrected chi connectivity index (χ3v) is 3.93. The normalized spacial score (nSPS) is 12.0. The average Bonchev–Trinajstić information content (AvgIpc) is 2.67. The number of aromatic nitrogens is 1. The Hall–Kier alpha value is -3.49. The largest absolute Gasteiger partial charge is 0.464 e. The lowest BCUT2D eigenvalue weighted by Gasteiger charge is -2.32. The number of anilines is 1. The lowest BCUT2D eigenvalue weighted by atomic mass is 10.1. The fraction of sp³-hybridized carbons (Fsp3) is 0.381. The Morgan fingerprint density at radius 3 is 2.33 bits per heavy atom. The van der Waals surface area contributed by atoms with Crippen molar-refractivity contribution in [2.24, 2.45) is 0 Å². The SMILES string of the molecule is CCOC(=O)C(Cc1ccccn1)N(C(=O)OC(C)(C)C)c1ccc([N+](=O)[O-])cc1. The van der Waals surface area contributed by atoms with Crippen LogP contribution in [0.5, 0.6) is 0 Å². The minimum Gasteiger partial charge on any atom is -0.464 e. The van der Waals surface area contributed by atoms with Gasteiger partial charge in [-0.1, -0.05) is 6.07 Å². The number of esters is 1. The van der Waals surface area contributed by atoms with Crippen molar-refractivity contribution < 1.29 is 24.0 Å². The molecule has 0 spiro atoms. The number of hydrogen-bond acceptors (Lipinski definition) is 7. The summed E-state index contributed by atoms with van der Waals surface area (Å²) in [4.78, 5) is 41.7. The summed E-state index contributed by atoms with van der Waals surface area (Å²) in [5.74, 6) is -0.632. The van der Waals surface area contributed by atoms with Crippen LogP contribution in [0.1, 0.15) is 33.4 Å². The molecular weight excluding hydrogens is 390 g/mol. The predicted molar refractivity (Wildman–Crippen MR) is 110 cm³/mol. The highest BCUT2D eigenvalue weighted by Crippen LogP contribution is 2.26. The summed E-state index contributed by atoms with van der Waals surface area (Å²) in [6.45, 7) is 6.91. The van der Waals surface area contributed by atoms with Crippen molar-refractivity contribution in [3.05, 3.63) is 64.5 Å². The number of benzene rings is 1. The van der Waals surface area contributed by atoms with Crippen molar-refractivity contribution in [2.75, 3.05) is 11.5 Å². The van der Waals surface area contributed by atoms with Gasteiger partial charge >= 0.3 is 12.1 Å². The minimum atomic E-state index is -1.07. The molecule has 1 unspecified atom stereocenters. The molecule has 1 aromatic heterocycles. The van der Waals surface area contributed by atoms with Gasteiger partial charge in [-0.25, -0.2) is 9.59 Å². The van der Waals surface area contributed by atoms with Gasteiger partial charge < -0.3 is 9.47 Å². The molecular formula is C21H25N3O6. The van der Waals surface area contributed by atoms with E-state index >= 15 is 0 Å². The summed E-state index contributed by atoms with van der Waals surface area (Å²) < 4.78 is 10.7. The van der Waals surface area contributed by atoms with Gasteiger partial charge in [-0.15, -0.1) is 0 Å². The predicted octanol–water partition coefficient (Wildman–Crippen LogP) is 3.91. The van der Waals surface area contributed by atoms with Crippen LogP contribution in [0.15, 0.2) is 48.7 Å². The molecule has 0 N–H and O–H groups in total. The van der Waals surface area contributed by atoms with E-state index in [0.717, 1.165) is 4.90 Å². The Bertz CT molecular complexity index is 878. The van der Waals surface area contributed by atoms with E-state index in [9.17, 15) is 19.7 Å². The standard InChI is InChI=1S/C21H25N3O6/c1-5-29-19(25)18(14-15-8-6-7-13-22-15)23(20(26)30-21(2,3)4)16-9-11-17(12-10-16)24(27)28/h6-13,18H,5,14H2,1-4H3. The van der Waals surface area contributed by atoms with Crippen molar-refractivity contribution in [2.45, 2.75) is 45.8 Å². The first kappa shape index (κ1) is 22.8. The van der Waals surface area contributed by atoms with Crippen molar-refractivity contribution in [3.63, 3.8) is 0 Å². The molecule has 1 amide bonds. The molecule has 0 aliphatic carbocycles. The summed E-state index contributed by atoms with van der Waals surface area (Å²) in [7, 11) is 0. The van der Waals surface area contributed by atoms with Crippen LogP contribution in [0, 0.1) is 10.1 Å². The Morgan fingerprint density at radius 1 is 1.17 bits per heavy atom. The second-order valence-electron chi connectivity index (χ2n) is 7.42. The molecule has 0 bridgehead atoms. The number of rotatable bonds is 7. The van der Waals surface area contributed by atoms with E-state index in [0.29, 0.717) is 5.69 Å². The van der Waals surface area contributed by atoms with Crippen LogP contribution in [-0.4, -0.2) is 40.2 Å². The molecule has 0 radical (unpaired) electrons. The first-order chi connectivity index (χ1) is 14.1. The van der Waals surface area contributed by atoms with Crippen LogP contribution in [0.25, 0.3) is 0 Å². The lowest BCUT2D eigenvalue weighted by Crippen LogP contribution is -2.49. The van der Waals surface area contributed by atoms with Crippen molar-refractivity contribution >= 4 is 23.4 Å². The zero-order chi connectivity index (χ0) is 22.3. The maximum Gasteiger partial charge on any atom is 0.415 e. The number of ether oxygens (including phenoxy) is 2. The molecule has 160 valence electrons. The molecule has 2 aromatic rings. The number of amides is 1. The maximum absolute atomic E-state index is 13.1. The van der Waals surface area contributed by atoms with E-state index in [1.54, 1.807) is 52.1 Å². The van der Waals surface area contributed by atoms with Crippen LogP contribution in [0.4, 0.5) is 16.2 Å². The first-order valence-electron chi connectivity index (χ1n) is 9.45. The van der Waals surface area contributed by atoms with Crippen LogP contribution in [0.3, 0.4) is 0 Å². The average molecular weight is 415 g/mol. The highest BCUT2D eigenvalue weighted by Gasteiger charge is 2.36. The topological polar surface area (TPSA) is 112 Å². The van der Waals surface area contributed by atoms with E-state index in [2.05, 4.69) is 4.98 Å². The quantitative estimate of drug-likeness (QED) is 0.383.